The molecule has 0 bridgehead atoms. The zero-order valence-electron chi connectivity index (χ0n) is 13.5. The molecule has 0 radical (unpaired) electrons. The van der Waals surface area contributed by atoms with Gasteiger partial charge < -0.3 is 9.64 Å². The van der Waals surface area contributed by atoms with E-state index in [-0.39, 0.29) is 5.91 Å². The summed E-state index contributed by atoms with van der Waals surface area (Å²) in [4.78, 5) is 14.6. The third kappa shape index (κ3) is 2.31. The van der Waals surface area contributed by atoms with Crippen LogP contribution in [0.25, 0.3) is 0 Å². The molecule has 1 aliphatic heterocycles. The van der Waals surface area contributed by atoms with E-state index in [2.05, 4.69) is 12.0 Å². The minimum atomic E-state index is -0.399. The summed E-state index contributed by atoms with van der Waals surface area (Å²) < 4.78 is 7.81. The van der Waals surface area contributed by atoms with Crippen molar-refractivity contribution in [2.75, 3.05) is 18.6 Å². The van der Waals surface area contributed by atoms with Crippen LogP contribution in [-0.2, 0) is 17.6 Å². The summed E-state index contributed by atoms with van der Waals surface area (Å²) in [5.41, 5.74) is 3.29. The Morgan fingerprint density at radius 1 is 1.30 bits per heavy atom. The molecule has 5 heteroatoms. The van der Waals surface area contributed by atoms with Gasteiger partial charge in [0.2, 0.25) is 0 Å². The van der Waals surface area contributed by atoms with E-state index in [0.29, 0.717) is 12.5 Å². The number of aromatic nitrogens is 2. The number of para-hydroxylation sites is 2. The van der Waals surface area contributed by atoms with E-state index < -0.39 is 6.04 Å². The number of anilines is 1. The molecule has 0 spiro atoms. The van der Waals surface area contributed by atoms with Crippen molar-refractivity contribution in [1.29, 1.82) is 0 Å². The number of hydrogen-bond donors (Lipinski definition) is 0. The van der Waals surface area contributed by atoms with Gasteiger partial charge >= 0.3 is 0 Å². The Labute approximate surface area is 135 Å². The molecular formula is C18H21N3O2. The normalized spacial score (nSPS) is 23.7. The quantitative estimate of drug-likeness (QED) is 0.813. The first-order chi connectivity index (χ1) is 11.1. The van der Waals surface area contributed by atoms with Crippen LogP contribution in [0.15, 0.2) is 30.5 Å². The van der Waals surface area contributed by atoms with Crippen molar-refractivity contribution in [3.05, 3.63) is 41.7 Å². The molecule has 0 saturated heterocycles. The maximum atomic E-state index is 12.9. The standard InChI is InChI=1S/C18H21N3O2/c1-12-7-8-14-13(9-12)10-19-21(14)16-11-23-17-6-4-3-5-15(17)20(2)18(16)22/h3-6,10,12,16H,7-9,11H2,1-2H3/t12-,16-/m0/s1. The number of ether oxygens (including phenoxy) is 1. The third-order valence-corrected chi connectivity index (χ3v) is 4.96. The van der Waals surface area contributed by atoms with Crippen molar-refractivity contribution in [1.82, 2.24) is 9.78 Å². The number of hydrogen-bond acceptors (Lipinski definition) is 3. The molecule has 5 nitrogen and oxygen atoms in total. The molecule has 1 aliphatic carbocycles. The summed E-state index contributed by atoms with van der Waals surface area (Å²) in [5.74, 6) is 1.47. The zero-order chi connectivity index (χ0) is 16.0. The first-order valence-corrected chi connectivity index (χ1v) is 8.20. The minimum absolute atomic E-state index is 0.0273. The molecule has 1 aromatic carbocycles. The van der Waals surface area contributed by atoms with Gasteiger partial charge in [-0.25, -0.2) is 0 Å². The van der Waals surface area contributed by atoms with Gasteiger partial charge in [0, 0.05) is 12.7 Å². The van der Waals surface area contributed by atoms with E-state index in [4.69, 9.17) is 4.74 Å². The van der Waals surface area contributed by atoms with E-state index in [1.54, 1.807) is 11.9 Å². The Balaban J connectivity index is 1.70. The zero-order valence-corrected chi connectivity index (χ0v) is 13.5. The molecule has 4 rings (SSSR count). The highest BCUT2D eigenvalue weighted by Crippen LogP contribution is 2.34. The summed E-state index contributed by atoms with van der Waals surface area (Å²) in [6, 6.07) is 7.26. The van der Waals surface area contributed by atoms with Gasteiger partial charge in [-0.05, 0) is 42.9 Å². The fraction of sp³-hybridized carbons (Fsp3) is 0.444. The van der Waals surface area contributed by atoms with Crippen molar-refractivity contribution in [3.63, 3.8) is 0 Å². The number of amides is 1. The second kappa shape index (κ2) is 5.41. The molecule has 2 aliphatic rings. The fourth-order valence-electron chi connectivity index (χ4n) is 3.61. The summed E-state index contributed by atoms with van der Waals surface area (Å²) in [6.07, 6.45) is 5.11. The Morgan fingerprint density at radius 2 is 2.13 bits per heavy atom. The van der Waals surface area contributed by atoms with E-state index >= 15 is 0 Å². The molecule has 0 unspecified atom stereocenters. The van der Waals surface area contributed by atoms with Crippen molar-refractivity contribution in [2.45, 2.75) is 32.2 Å². The lowest BCUT2D eigenvalue weighted by molar-refractivity contribution is -0.122. The molecular weight excluding hydrogens is 290 g/mol. The molecule has 23 heavy (non-hydrogen) atoms. The maximum absolute atomic E-state index is 12.9. The van der Waals surface area contributed by atoms with Crippen LogP contribution in [0.3, 0.4) is 0 Å². The molecule has 2 aromatic rings. The predicted molar refractivity (Wildman–Crippen MR) is 87.8 cm³/mol. The van der Waals surface area contributed by atoms with Gasteiger partial charge in [0.1, 0.15) is 12.4 Å². The van der Waals surface area contributed by atoms with Crippen LogP contribution in [0.5, 0.6) is 5.75 Å². The van der Waals surface area contributed by atoms with Crippen LogP contribution in [0.4, 0.5) is 5.69 Å². The van der Waals surface area contributed by atoms with E-state index in [0.717, 1.165) is 30.7 Å². The molecule has 1 aromatic heterocycles. The molecule has 0 fully saturated rings. The van der Waals surface area contributed by atoms with Gasteiger partial charge in [-0.3, -0.25) is 9.48 Å². The minimum Gasteiger partial charge on any atom is -0.489 e. The van der Waals surface area contributed by atoms with Gasteiger partial charge in [-0.2, -0.15) is 5.10 Å². The maximum Gasteiger partial charge on any atom is 0.255 e. The number of benzene rings is 1. The first kappa shape index (κ1) is 14.3. The van der Waals surface area contributed by atoms with Crippen LogP contribution < -0.4 is 9.64 Å². The Bertz CT molecular complexity index is 752. The number of likely N-dealkylation sites (N-methyl/N-ethyl adjacent to an activating group) is 1. The van der Waals surface area contributed by atoms with E-state index in [1.807, 2.05) is 35.1 Å². The van der Waals surface area contributed by atoms with Crippen molar-refractivity contribution in [2.24, 2.45) is 5.92 Å². The highest BCUT2D eigenvalue weighted by Gasteiger charge is 2.33. The van der Waals surface area contributed by atoms with Crippen molar-refractivity contribution < 1.29 is 9.53 Å². The number of carbonyl (C=O) groups excluding carboxylic acids is 1. The largest absolute Gasteiger partial charge is 0.489 e. The molecule has 2 atom stereocenters. The van der Waals surface area contributed by atoms with Crippen LogP contribution in [0, 0.1) is 5.92 Å². The van der Waals surface area contributed by atoms with Crippen LogP contribution in [0.2, 0.25) is 0 Å². The Kier molecular flexibility index (Phi) is 3.36. The second-order valence-corrected chi connectivity index (χ2v) is 6.60. The van der Waals surface area contributed by atoms with Crippen LogP contribution >= 0.6 is 0 Å². The SMILES string of the molecule is C[C@H]1CCc2c(cnn2[C@H]2COc3ccccc3N(C)C2=O)C1. The molecule has 0 saturated carbocycles. The third-order valence-electron chi connectivity index (χ3n) is 4.96. The average molecular weight is 311 g/mol. The smallest absolute Gasteiger partial charge is 0.255 e. The topological polar surface area (TPSA) is 47.4 Å². The summed E-state index contributed by atoms with van der Waals surface area (Å²) in [7, 11) is 1.81. The monoisotopic (exact) mass is 311 g/mol. The van der Waals surface area contributed by atoms with Gasteiger partial charge in [-0.15, -0.1) is 0 Å². The van der Waals surface area contributed by atoms with E-state index in [1.165, 1.54) is 11.3 Å². The number of fused-ring (bicyclic) bond motifs is 2. The van der Waals surface area contributed by atoms with Crippen molar-refractivity contribution in [3.8, 4) is 5.75 Å². The molecule has 120 valence electrons. The van der Waals surface area contributed by atoms with Gasteiger partial charge in [-0.1, -0.05) is 19.1 Å². The molecule has 1 amide bonds. The summed E-state index contributed by atoms with van der Waals surface area (Å²) in [6.45, 7) is 2.59. The lowest BCUT2D eigenvalue weighted by Gasteiger charge is -2.24. The van der Waals surface area contributed by atoms with Crippen LogP contribution in [-0.4, -0.2) is 29.3 Å². The highest BCUT2D eigenvalue weighted by atomic mass is 16.5. The average Bonchev–Trinajstić information content (AvgIpc) is 2.92. The van der Waals surface area contributed by atoms with Gasteiger partial charge in [0.15, 0.2) is 6.04 Å². The number of rotatable bonds is 1. The fourth-order valence-corrected chi connectivity index (χ4v) is 3.61. The van der Waals surface area contributed by atoms with Gasteiger partial charge in [0.25, 0.3) is 5.91 Å². The second-order valence-electron chi connectivity index (χ2n) is 6.60. The Morgan fingerprint density at radius 3 is 3.00 bits per heavy atom. The summed E-state index contributed by atoms with van der Waals surface area (Å²) in [5, 5.41) is 4.53. The van der Waals surface area contributed by atoms with Crippen molar-refractivity contribution >= 4 is 11.6 Å². The molecule has 0 N–H and O–H groups in total. The molecule has 2 heterocycles. The van der Waals surface area contributed by atoms with E-state index in [9.17, 15) is 4.79 Å². The summed E-state index contributed by atoms with van der Waals surface area (Å²) >= 11 is 0. The lowest BCUT2D eigenvalue weighted by Crippen LogP contribution is -2.36. The Hall–Kier alpha value is -2.30. The first-order valence-electron chi connectivity index (χ1n) is 8.20. The highest BCUT2D eigenvalue weighted by molar-refractivity contribution is 5.97. The lowest BCUT2D eigenvalue weighted by atomic mass is 9.89. The predicted octanol–water partition coefficient (Wildman–Crippen LogP) is 2.60. The van der Waals surface area contributed by atoms with Crippen LogP contribution in [0.1, 0.15) is 30.6 Å². The van der Waals surface area contributed by atoms with Gasteiger partial charge in [0.05, 0.1) is 11.9 Å². The number of nitrogens with zero attached hydrogens (tertiary/aromatic N) is 3. The number of carbonyl (C=O) groups is 1.